The molecule has 114 valence electrons. The molecule has 2 N–H and O–H groups in total. The lowest BCUT2D eigenvalue weighted by Gasteiger charge is -2.22. The van der Waals surface area contributed by atoms with Crippen molar-refractivity contribution < 1.29 is 4.79 Å². The van der Waals surface area contributed by atoms with E-state index in [1.807, 2.05) is 11.8 Å². The van der Waals surface area contributed by atoms with Gasteiger partial charge in [-0.2, -0.15) is 0 Å². The Labute approximate surface area is 125 Å². The highest BCUT2D eigenvalue weighted by Gasteiger charge is 2.23. The van der Waals surface area contributed by atoms with Crippen LogP contribution in [0.5, 0.6) is 0 Å². The largest absolute Gasteiger partial charge is 0.382 e. The second kappa shape index (κ2) is 7.47. The normalized spacial score (nSPS) is 10.9. The molecule has 5 nitrogen and oxygen atoms in total. The molecule has 0 atom stereocenters. The predicted octanol–water partition coefficient (Wildman–Crippen LogP) is 2.69. The molecule has 0 fully saturated rings. The molecule has 1 rings (SSSR count). The number of nitrogens with zero attached hydrogens (tertiary/aromatic N) is 3. The number of carbonyl (C=O) groups is 1. The molecule has 20 heavy (non-hydrogen) atoms. The Morgan fingerprint density at radius 1 is 1.25 bits per heavy atom. The zero-order valence-corrected chi connectivity index (χ0v) is 14.0. The van der Waals surface area contributed by atoms with Crippen molar-refractivity contribution in [1.29, 1.82) is 0 Å². The fourth-order valence-corrected chi connectivity index (χ4v) is 3.12. The summed E-state index contributed by atoms with van der Waals surface area (Å²) >= 11 is 1.39. The maximum atomic E-state index is 12.5. The number of anilines is 2. The van der Waals surface area contributed by atoms with Crippen LogP contribution >= 0.6 is 11.3 Å². The first-order valence-electron chi connectivity index (χ1n) is 7.24. The van der Waals surface area contributed by atoms with Crippen molar-refractivity contribution in [1.82, 2.24) is 9.88 Å². The number of hydrogen-bond acceptors (Lipinski definition) is 5. The van der Waals surface area contributed by atoms with Crippen molar-refractivity contribution in [3.8, 4) is 0 Å². The lowest BCUT2D eigenvalue weighted by molar-refractivity contribution is 0.0751. The molecule has 1 amide bonds. The van der Waals surface area contributed by atoms with Gasteiger partial charge in [0.25, 0.3) is 5.91 Å². The molecule has 0 aliphatic carbocycles. The van der Waals surface area contributed by atoms with Crippen molar-refractivity contribution in [2.75, 3.05) is 36.8 Å². The van der Waals surface area contributed by atoms with Gasteiger partial charge in [-0.25, -0.2) is 4.98 Å². The first-order valence-corrected chi connectivity index (χ1v) is 8.06. The van der Waals surface area contributed by atoms with Crippen LogP contribution in [-0.4, -0.2) is 42.0 Å². The lowest BCUT2D eigenvalue weighted by atomic mass is 10.2. The Bertz CT molecular complexity index is 440. The third-order valence-corrected chi connectivity index (χ3v) is 4.24. The van der Waals surface area contributed by atoms with Gasteiger partial charge in [0.05, 0.1) is 0 Å². The number of rotatable bonds is 7. The monoisotopic (exact) mass is 298 g/mol. The summed E-state index contributed by atoms with van der Waals surface area (Å²) < 4.78 is 0. The van der Waals surface area contributed by atoms with E-state index in [4.69, 9.17) is 5.73 Å². The maximum absolute atomic E-state index is 12.5. The van der Waals surface area contributed by atoms with E-state index in [9.17, 15) is 4.79 Å². The molecule has 6 heteroatoms. The number of hydrogen-bond donors (Lipinski definition) is 1. The smallest absolute Gasteiger partial charge is 0.267 e. The van der Waals surface area contributed by atoms with Crippen LogP contribution in [0.3, 0.4) is 0 Å². The number of carbonyl (C=O) groups excluding carboxylic acids is 1. The third kappa shape index (κ3) is 3.85. The van der Waals surface area contributed by atoms with Crippen molar-refractivity contribution in [2.24, 2.45) is 5.92 Å². The molecular formula is C14H26N4OS. The fourth-order valence-electron chi connectivity index (χ4n) is 2.04. The van der Waals surface area contributed by atoms with Gasteiger partial charge in [-0.1, -0.05) is 25.2 Å². The number of aromatic nitrogens is 1. The lowest BCUT2D eigenvalue weighted by Crippen LogP contribution is -2.33. The molecular weight excluding hydrogens is 272 g/mol. The van der Waals surface area contributed by atoms with E-state index in [1.54, 1.807) is 0 Å². The zero-order chi connectivity index (χ0) is 15.3. The van der Waals surface area contributed by atoms with E-state index in [1.165, 1.54) is 11.3 Å². The quantitative estimate of drug-likeness (QED) is 0.840. The van der Waals surface area contributed by atoms with Crippen LogP contribution in [0.15, 0.2) is 0 Å². The molecule has 0 aromatic carbocycles. The highest BCUT2D eigenvalue weighted by molar-refractivity contribution is 7.18. The third-order valence-electron chi connectivity index (χ3n) is 3.12. The predicted molar refractivity (Wildman–Crippen MR) is 86.5 cm³/mol. The van der Waals surface area contributed by atoms with E-state index in [2.05, 4.69) is 37.6 Å². The summed E-state index contributed by atoms with van der Waals surface area (Å²) in [7, 11) is 0. The Morgan fingerprint density at radius 2 is 1.85 bits per heavy atom. The molecule has 0 bridgehead atoms. The van der Waals surface area contributed by atoms with E-state index in [-0.39, 0.29) is 5.91 Å². The average molecular weight is 298 g/mol. The molecule has 0 spiro atoms. The minimum absolute atomic E-state index is 0.00499. The van der Waals surface area contributed by atoms with Gasteiger partial charge in [0.1, 0.15) is 10.7 Å². The summed E-state index contributed by atoms with van der Waals surface area (Å²) in [6.07, 6.45) is 0. The summed E-state index contributed by atoms with van der Waals surface area (Å²) in [5.41, 5.74) is 5.94. The SMILES string of the molecule is CCN(CC(C)C)C(=O)c1sc(N(CC)CC)nc1N. The average Bonchev–Trinajstić information content (AvgIpc) is 2.78. The van der Waals surface area contributed by atoms with Gasteiger partial charge in [-0.05, 0) is 26.7 Å². The minimum atomic E-state index is -0.00499. The van der Waals surface area contributed by atoms with Gasteiger partial charge in [0.2, 0.25) is 0 Å². The van der Waals surface area contributed by atoms with Crippen LogP contribution in [-0.2, 0) is 0 Å². The van der Waals surface area contributed by atoms with Crippen molar-refractivity contribution >= 4 is 28.2 Å². The number of amides is 1. The molecule has 0 unspecified atom stereocenters. The number of thiazole rings is 1. The number of nitrogens with two attached hydrogens (primary N) is 1. The van der Waals surface area contributed by atoms with Gasteiger partial charge in [-0.3, -0.25) is 4.79 Å². The highest BCUT2D eigenvalue weighted by Crippen LogP contribution is 2.29. The summed E-state index contributed by atoms with van der Waals surface area (Å²) in [5.74, 6) is 0.786. The molecule has 0 radical (unpaired) electrons. The first kappa shape index (κ1) is 16.8. The number of nitrogen functional groups attached to an aromatic ring is 1. The summed E-state index contributed by atoms with van der Waals surface area (Å²) in [4.78, 5) is 21.4. The van der Waals surface area contributed by atoms with Crippen LogP contribution < -0.4 is 10.6 Å². The van der Waals surface area contributed by atoms with Crippen molar-refractivity contribution in [3.05, 3.63) is 4.88 Å². The van der Waals surface area contributed by atoms with Crippen LogP contribution in [0.4, 0.5) is 10.9 Å². The van der Waals surface area contributed by atoms with Gasteiger partial charge >= 0.3 is 0 Å². The van der Waals surface area contributed by atoms with Crippen LogP contribution in [0.25, 0.3) is 0 Å². The van der Waals surface area contributed by atoms with E-state index < -0.39 is 0 Å². The summed E-state index contributed by atoms with van der Waals surface area (Å²) in [6.45, 7) is 13.5. The van der Waals surface area contributed by atoms with Crippen LogP contribution in [0, 0.1) is 5.92 Å². The minimum Gasteiger partial charge on any atom is -0.382 e. The summed E-state index contributed by atoms with van der Waals surface area (Å²) in [6, 6.07) is 0. The Kier molecular flexibility index (Phi) is 6.26. The topological polar surface area (TPSA) is 62.5 Å². The molecule has 0 aliphatic heterocycles. The van der Waals surface area contributed by atoms with Crippen LogP contribution in [0.2, 0.25) is 0 Å². The van der Waals surface area contributed by atoms with E-state index >= 15 is 0 Å². The standard InChI is InChI=1S/C14H26N4OS/c1-6-17(7-2)14-16-12(15)11(20-14)13(19)18(8-3)9-10(4)5/h10H,6-9,15H2,1-5H3. The molecule has 0 saturated carbocycles. The molecule has 1 heterocycles. The second-order valence-electron chi connectivity index (χ2n) is 5.12. The van der Waals surface area contributed by atoms with Crippen molar-refractivity contribution in [3.63, 3.8) is 0 Å². The van der Waals surface area contributed by atoms with Crippen LogP contribution in [0.1, 0.15) is 44.3 Å². The molecule has 0 saturated heterocycles. The van der Waals surface area contributed by atoms with Crippen molar-refractivity contribution in [2.45, 2.75) is 34.6 Å². The highest BCUT2D eigenvalue weighted by atomic mass is 32.1. The Morgan fingerprint density at radius 3 is 2.30 bits per heavy atom. The Hall–Kier alpha value is -1.30. The maximum Gasteiger partial charge on any atom is 0.267 e. The second-order valence-corrected chi connectivity index (χ2v) is 6.10. The summed E-state index contributed by atoms with van der Waals surface area (Å²) in [5, 5.41) is 0.830. The van der Waals surface area contributed by atoms with Gasteiger partial charge in [-0.15, -0.1) is 0 Å². The molecule has 1 aromatic rings. The first-order chi connectivity index (χ1) is 9.44. The van der Waals surface area contributed by atoms with Gasteiger partial charge in [0, 0.05) is 26.2 Å². The molecule has 0 aliphatic rings. The van der Waals surface area contributed by atoms with E-state index in [0.717, 1.165) is 24.8 Å². The Balaban J connectivity index is 2.98. The fraction of sp³-hybridized carbons (Fsp3) is 0.714. The van der Waals surface area contributed by atoms with Gasteiger partial charge < -0.3 is 15.5 Å². The zero-order valence-electron chi connectivity index (χ0n) is 13.1. The van der Waals surface area contributed by atoms with E-state index in [0.29, 0.717) is 23.2 Å². The van der Waals surface area contributed by atoms with Gasteiger partial charge in [0.15, 0.2) is 5.13 Å². The molecule has 1 aromatic heterocycles.